The second-order valence-electron chi connectivity index (χ2n) is 5.62. The summed E-state index contributed by atoms with van der Waals surface area (Å²) < 4.78 is 18.3. The Bertz CT molecular complexity index is 793. The summed E-state index contributed by atoms with van der Waals surface area (Å²) in [5.74, 6) is -0.312. The highest BCUT2D eigenvalue weighted by Gasteiger charge is 2.22. The second-order valence-corrected chi connectivity index (χ2v) is 5.62. The number of anilines is 3. The van der Waals surface area contributed by atoms with E-state index in [9.17, 15) is 14.0 Å². The van der Waals surface area contributed by atoms with Crippen molar-refractivity contribution in [3.63, 3.8) is 0 Å². The molecule has 1 unspecified atom stereocenters. The molecular formula is C18H18FN3O3. The van der Waals surface area contributed by atoms with Crippen LogP contribution < -0.4 is 20.7 Å². The number of rotatable bonds is 5. The van der Waals surface area contributed by atoms with Crippen LogP contribution in [0.2, 0.25) is 0 Å². The van der Waals surface area contributed by atoms with Crippen LogP contribution in [-0.2, 0) is 9.59 Å². The zero-order valence-corrected chi connectivity index (χ0v) is 13.6. The van der Waals surface area contributed by atoms with Crippen molar-refractivity contribution in [3.8, 4) is 5.75 Å². The first kappa shape index (κ1) is 16.8. The number of halogens is 1. The fourth-order valence-electron chi connectivity index (χ4n) is 2.52. The molecule has 1 atom stereocenters. The third-order valence-electron chi connectivity index (χ3n) is 3.82. The highest BCUT2D eigenvalue weighted by Crippen LogP contribution is 2.35. The molecule has 0 fully saturated rings. The van der Waals surface area contributed by atoms with Gasteiger partial charge >= 0.3 is 0 Å². The molecule has 0 bridgehead atoms. The molecular weight excluding hydrogens is 325 g/mol. The average molecular weight is 343 g/mol. The van der Waals surface area contributed by atoms with Crippen LogP contribution in [0.15, 0.2) is 42.5 Å². The van der Waals surface area contributed by atoms with Crippen LogP contribution in [-0.4, -0.2) is 24.5 Å². The maximum Gasteiger partial charge on any atom is 0.262 e. The number of carbonyl (C=O) groups excluding carboxylic acids is 2. The van der Waals surface area contributed by atoms with E-state index in [1.165, 1.54) is 24.3 Å². The molecule has 0 saturated carbocycles. The van der Waals surface area contributed by atoms with Gasteiger partial charge in [0.2, 0.25) is 5.91 Å². The fourth-order valence-corrected chi connectivity index (χ4v) is 2.52. The van der Waals surface area contributed by atoms with Crippen molar-refractivity contribution < 1.29 is 18.7 Å². The number of ether oxygens (including phenoxy) is 1. The zero-order valence-electron chi connectivity index (χ0n) is 13.6. The summed E-state index contributed by atoms with van der Waals surface area (Å²) in [5.41, 5.74) is 1.64. The van der Waals surface area contributed by atoms with Crippen LogP contribution in [0.3, 0.4) is 0 Å². The summed E-state index contributed by atoms with van der Waals surface area (Å²) in [7, 11) is 0. The molecule has 0 saturated heterocycles. The van der Waals surface area contributed by atoms with Gasteiger partial charge in [-0.05, 0) is 42.8 Å². The minimum atomic E-state index is -0.532. The lowest BCUT2D eigenvalue weighted by atomic mass is 10.1. The predicted molar refractivity (Wildman–Crippen MR) is 93.3 cm³/mol. The van der Waals surface area contributed by atoms with Gasteiger partial charge in [-0.3, -0.25) is 9.59 Å². The number of carbonyl (C=O) groups is 2. The van der Waals surface area contributed by atoms with Gasteiger partial charge in [0.05, 0.1) is 5.69 Å². The standard InChI is InChI=1S/C18H18FN3O3/c1-2-13(18(24)20-12-8-6-11(19)7-9-12)21-14-4-3-5-15-17(14)22-16(23)10-25-15/h3-9,13,21H,2,10H2,1H3,(H,20,24)(H,22,23). The first-order valence-corrected chi connectivity index (χ1v) is 7.95. The predicted octanol–water partition coefficient (Wildman–Crippen LogP) is 2.99. The van der Waals surface area contributed by atoms with E-state index in [-0.39, 0.29) is 24.2 Å². The summed E-state index contributed by atoms with van der Waals surface area (Å²) in [6.45, 7) is 1.84. The van der Waals surface area contributed by atoms with Gasteiger partial charge in [-0.25, -0.2) is 4.39 Å². The highest BCUT2D eigenvalue weighted by atomic mass is 19.1. The molecule has 0 spiro atoms. The molecule has 0 aliphatic carbocycles. The molecule has 0 radical (unpaired) electrons. The third-order valence-corrected chi connectivity index (χ3v) is 3.82. The van der Waals surface area contributed by atoms with Crippen molar-refractivity contribution in [3.05, 3.63) is 48.3 Å². The zero-order chi connectivity index (χ0) is 17.8. The van der Waals surface area contributed by atoms with Crippen LogP contribution in [0.5, 0.6) is 5.75 Å². The highest BCUT2D eigenvalue weighted by molar-refractivity contribution is 6.01. The van der Waals surface area contributed by atoms with E-state index in [0.29, 0.717) is 29.2 Å². The van der Waals surface area contributed by atoms with Crippen molar-refractivity contribution in [2.45, 2.75) is 19.4 Å². The molecule has 6 nitrogen and oxygen atoms in total. The van der Waals surface area contributed by atoms with Gasteiger partial charge in [0.15, 0.2) is 6.61 Å². The quantitative estimate of drug-likeness (QED) is 0.780. The summed E-state index contributed by atoms with van der Waals surface area (Å²) in [6.07, 6.45) is 0.519. The number of benzene rings is 2. The van der Waals surface area contributed by atoms with E-state index >= 15 is 0 Å². The molecule has 1 aliphatic rings. The van der Waals surface area contributed by atoms with Gasteiger partial charge < -0.3 is 20.7 Å². The summed E-state index contributed by atoms with van der Waals surface area (Å²) >= 11 is 0. The molecule has 2 amide bonds. The Labute approximate surface area is 144 Å². The van der Waals surface area contributed by atoms with Crippen LogP contribution in [0.1, 0.15) is 13.3 Å². The Morgan fingerprint density at radius 3 is 2.76 bits per heavy atom. The first-order chi connectivity index (χ1) is 12.1. The smallest absolute Gasteiger partial charge is 0.262 e. The number of nitrogens with one attached hydrogen (secondary N) is 3. The molecule has 1 aliphatic heterocycles. The maximum absolute atomic E-state index is 13.0. The minimum Gasteiger partial charge on any atom is -0.482 e. The third kappa shape index (κ3) is 3.88. The Balaban J connectivity index is 1.75. The van der Waals surface area contributed by atoms with Gasteiger partial charge in [0, 0.05) is 5.69 Å². The monoisotopic (exact) mass is 343 g/mol. The number of para-hydroxylation sites is 1. The van der Waals surface area contributed by atoms with E-state index in [1.807, 2.05) is 6.92 Å². The Morgan fingerprint density at radius 1 is 1.28 bits per heavy atom. The average Bonchev–Trinajstić information content (AvgIpc) is 2.61. The van der Waals surface area contributed by atoms with Gasteiger partial charge in [-0.1, -0.05) is 13.0 Å². The van der Waals surface area contributed by atoms with E-state index < -0.39 is 6.04 Å². The van der Waals surface area contributed by atoms with Crippen LogP contribution in [0, 0.1) is 5.82 Å². The molecule has 25 heavy (non-hydrogen) atoms. The summed E-state index contributed by atoms with van der Waals surface area (Å²) in [4.78, 5) is 24.0. The Morgan fingerprint density at radius 2 is 2.04 bits per heavy atom. The fraction of sp³-hybridized carbons (Fsp3) is 0.222. The molecule has 2 aromatic rings. The van der Waals surface area contributed by atoms with Crippen molar-refractivity contribution >= 4 is 28.9 Å². The summed E-state index contributed by atoms with van der Waals surface area (Å²) in [5, 5.41) is 8.62. The van der Waals surface area contributed by atoms with Crippen molar-refractivity contribution in [2.24, 2.45) is 0 Å². The van der Waals surface area contributed by atoms with Gasteiger partial charge in [0.1, 0.15) is 23.3 Å². The van der Waals surface area contributed by atoms with Crippen LogP contribution in [0.4, 0.5) is 21.5 Å². The molecule has 7 heteroatoms. The van der Waals surface area contributed by atoms with E-state index in [1.54, 1.807) is 18.2 Å². The molecule has 0 aromatic heterocycles. The van der Waals surface area contributed by atoms with Crippen LogP contribution in [0.25, 0.3) is 0 Å². The largest absolute Gasteiger partial charge is 0.482 e. The number of hydrogen-bond donors (Lipinski definition) is 3. The first-order valence-electron chi connectivity index (χ1n) is 7.95. The van der Waals surface area contributed by atoms with Crippen molar-refractivity contribution in [1.82, 2.24) is 0 Å². The van der Waals surface area contributed by atoms with Crippen LogP contribution >= 0.6 is 0 Å². The number of fused-ring (bicyclic) bond motifs is 1. The lowest BCUT2D eigenvalue weighted by Crippen LogP contribution is -2.35. The van der Waals surface area contributed by atoms with Crippen molar-refractivity contribution in [2.75, 3.05) is 22.6 Å². The van der Waals surface area contributed by atoms with Crippen molar-refractivity contribution in [1.29, 1.82) is 0 Å². The van der Waals surface area contributed by atoms with E-state index in [4.69, 9.17) is 4.74 Å². The SMILES string of the molecule is CCC(Nc1cccc2c1NC(=O)CO2)C(=O)Nc1ccc(F)cc1. The summed E-state index contributed by atoms with van der Waals surface area (Å²) in [6, 6.07) is 10.3. The Kier molecular flexibility index (Phi) is 4.83. The van der Waals surface area contributed by atoms with E-state index in [2.05, 4.69) is 16.0 Å². The van der Waals surface area contributed by atoms with E-state index in [0.717, 1.165) is 0 Å². The normalized spacial score (nSPS) is 13.9. The topological polar surface area (TPSA) is 79.5 Å². The maximum atomic E-state index is 13.0. The van der Waals surface area contributed by atoms with Gasteiger partial charge in [0.25, 0.3) is 5.91 Å². The minimum absolute atomic E-state index is 0.0291. The second kappa shape index (κ2) is 7.21. The molecule has 3 rings (SSSR count). The number of hydrogen-bond acceptors (Lipinski definition) is 4. The van der Waals surface area contributed by atoms with Gasteiger partial charge in [-0.15, -0.1) is 0 Å². The lowest BCUT2D eigenvalue weighted by Gasteiger charge is -2.24. The number of amides is 2. The molecule has 130 valence electrons. The van der Waals surface area contributed by atoms with Gasteiger partial charge in [-0.2, -0.15) is 0 Å². The molecule has 1 heterocycles. The lowest BCUT2D eigenvalue weighted by molar-refractivity contribution is -0.118. The molecule has 2 aromatic carbocycles. The molecule has 3 N–H and O–H groups in total. The Hall–Kier alpha value is -3.09.